The molecule has 1 aliphatic rings. The summed E-state index contributed by atoms with van der Waals surface area (Å²) >= 11 is 0. The van der Waals surface area contributed by atoms with Gasteiger partial charge in [0, 0.05) is 32.7 Å². The van der Waals surface area contributed by atoms with Crippen molar-refractivity contribution in [3.8, 4) is 0 Å². The van der Waals surface area contributed by atoms with E-state index in [0.717, 1.165) is 19.6 Å². The maximum atomic E-state index is 12.8. The molecule has 0 aromatic heterocycles. The van der Waals surface area contributed by atoms with Gasteiger partial charge in [-0.3, -0.25) is 9.69 Å². The first-order chi connectivity index (χ1) is 11.0. The Hall–Kier alpha value is -1.30. The maximum Gasteiger partial charge on any atom is 0.408 e. The number of alkyl carbamates (subject to hydrolysis) is 1. The maximum absolute atomic E-state index is 12.8. The van der Waals surface area contributed by atoms with E-state index in [1.807, 2.05) is 39.5 Å². The molecule has 1 heterocycles. The highest BCUT2D eigenvalue weighted by atomic mass is 16.6. The van der Waals surface area contributed by atoms with Crippen LogP contribution in [0.25, 0.3) is 0 Å². The van der Waals surface area contributed by atoms with Gasteiger partial charge in [0.15, 0.2) is 0 Å². The zero-order chi connectivity index (χ0) is 18.5. The lowest BCUT2D eigenvalue weighted by atomic mass is 10.0. The van der Waals surface area contributed by atoms with Crippen molar-refractivity contribution in [3.63, 3.8) is 0 Å². The third kappa shape index (κ3) is 7.07. The third-order valence-corrected chi connectivity index (χ3v) is 3.91. The molecule has 1 unspecified atom stereocenters. The molecule has 0 bridgehead atoms. The van der Waals surface area contributed by atoms with Crippen molar-refractivity contribution < 1.29 is 14.3 Å². The Labute approximate surface area is 146 Å². The second-order valence-corrected chi connectivity index (χ2v) is 8.39. The third-order valence-electron chi connectivity index (χ3n) is 3.91. The predicted molar refractivity (Wildman–Crippen MR) is 95.9 cm³/mol. The van der Waals surface area contributed by atoms with Crippen LogP contribution in [0.4, 0.5) is 4.79 Å². The van der Waals surface area contributed by atoms with E-state index in [1.54, 1.807) is 0 Å². The molecule has 0 aliphatic carbocycles. The number of hydrogen-bond acceptors (Lipinski definition) is 4. The summed E-state index contributed by atoms with van der Waals surface area (Å²) in [5, 5.41) is 2.75. The first-order valence-electron chi connectivity index (χ1n) is 9.00. The van der Waals surface area contributed by atoms with Gasteiger partial charge in [-0.2, -0.15) is 0 Å². The van der Waals surface area contributed by atoms with Crippen LogP contribution < -0.4 is 5.32 Å². The number of rotatable bonds is 5. The number of ether oxygens (including phenoxy) is 1. The summed E-state index contributed by atoms with van der Waals surface area (Å²) in [5.41, 5.74) is -0.572. The number of nitrogens with one attached hydrogen (secondary N) is 1. The zero-order valence-corrected chi connectivity index (χ0v) is 16.4. The van der Waals surface area contributed by atoms with Crippen LogP contribution in [0.2, 0.25) is 0 Å². The molecule has 6 nitrogen and oxygen atoms in total. The molecule has 6 heteroatoms. The van der Waals surface area contributed by atoms with Crippen LogP contribution in [0.5, 0.6) is 0 Å². The summed E-state index contributed by atoms with van der Waals surface area (Å²) in [4.78, 5) is 29.1. The van der Waals surface area contributed by atoms with Crippen LogP contribution in [0.1, 0.15) is 48.5 Å². The molecular weight excluding hydrogens is 306 g/mol. The average Bonchev–Trinajstić information content (AvgIpc) is 2.42. The Morgan fingerprint density at radius 3 is 2.00 bits per heavy atom. The Balaban J connectivity index is 2.60. The number of hydrogen-bond donors (Lipinski definition) is 1. The van der Waals surface area contributed by atoms with E-state index in [1.165, 1.54) is 0 Å². The highest BCUT2D eigenvalue weighted by molar-refractivity contribution is 5.86. The quantitative estimate of drug-likeness (QED) is 0.834. The fourth-order valence-corrected chi connectivity index (χ4v) is 2.81. The van der Waals surface area contributed by atoms with Crippen LogP contribution in [-0.2, 0) is 9.53 Å². The van der Waals surface area contributed by atoms with Gasteiger partial charge < -0.3 is 15.0 Å². The molecule has 24 heavy (non-hydrogen) atoms. The predicted octanol–water partition coefficient (Wildman–Crippen LogP) is 2.34. The van der Waals surface area contributed by atoms with Gasteiger partial charge in [0.05, 0.1) is 0 Å². The van der Waals surface area contributed by atoms with Crippen molar-refractivity contribution in [1.82, 2.24) is 15.1 Å². The normalized spacial score (nSPS) is 18.0. The Morgan fingerprint density at radius 2 is 1.58 bits per heavy atom. The first kappa shape index (κ1) is 20.7. The molecule has 0 spiro atoms. The van der Waals surface area contributed by atoms with Crippen LogP contribution in [0, 0.1) is 11.8 Å². The van der Waals surface area contributed by atoms with Gasteiger partial charge in [0.25, 0.3) is 0 Å². The van der Waals surface area contributed by atoms with Gasteiger partial charge in [0.2, 0.25) is 5.91 Å². The Morgan fingerprint density at radius 1 is 1.04 bits per heavy atom. The Kier molecular flexibility index (Phi) is 7.52. The molecule has 0 aromatic carbocycles. The van der Waals surface area contributed by atoms with E-state index in [0.29, 0.717) is 19.0 Å². The van der Waals surface area contributed by atoms with Gasteiger partial charge in [-0.05, 0) is 32.6 Å². The molecule has 2 amide bonds. The minimum atomic E-state index is -0.572. The molecule has 1 aliphatic heterocycles. The van der Waals surface area contributed by atoms with Crippen molar-refractivity contribution in [2.75, 3.05) is 32.7 Å². The second-order valence-electron chi connectivity index (χ2n) is 8.39. The van der Waals surface area contributed by atoms with E-state index in [9.17, 15) is 9.59 Å². The largest absolute Gasteiger partial charge is 0.444 e. The van der Waals surface area contributed by atoms with Crippen LogP contribution >= 0.6 is 0 Å². The minimum Gasteiger partial charge on any atom is -0.444 e. The molecule has 0 radical (unpaired) electrons. The number of piperazine rings is 1. The summed E-state index contributed by atoms with van der Waals surface area (Å²) in [6, 6.07) is -0.545. The van der Waals surface area contributed by atoms with Gasteiger partial charge in [0.1, 0.15) is 11.6 Å². The molecule has 1 atom stereocenters. The standard InChI is InChI=1S/C18H35N3O3/c1-13(2)12-20-8-10-21(11-9-20)16(22)15(14(3)4)19-17(23)24-18(5,6)7/h13-15H,8-12H2,1-7H3,(H,19,23). The van der Waals surface area contributed by atoms with Gasteiger partial charge in [-0.1, -0.05) is 27.7 Å². The lowest BCUT2D eigenvalue weighted by molar-refractivity contribution is -0.136. The number of carbonyl (C=O) groups excluding carboxylic acids is 2. The molecule has 1 saturated heterocycles. The fourth-order valence-electron chi connectivity index (χ4n) is 2.81. The van der Waals surface area contributed by atoms with Gasteiger partial charge in [-0.15, -0.1) is 0 Å². The molecular formula is C18H35N3O3. The van der Waals surface area contributed by atoms with E-state index in [2.05, 4.69) is 24.1 Å². The monoisotopic (exact) mass is 341 g/mol. The number of nitrogens with zero attached hydrogens (tertiary/aromatic N) is 2. The van der Waals surface area contributed by atoms with Crippen molar-refractivity contribution in [1.29, 1.82) is 0 Å². The highest BCUT2D eigenvalue weighted by Crippen LogP contribution is 2.13. The average molecular weight is 341 g/mol. The fraction of sp³-hybridized carbons (Fsp3) is 0.889. The van der Waals surface area contributed by atoms with Gasteiger partial charge >= 0.3 is 6.09 Å². The van der Waals surface area contributed by atoms with Crippen LogP contribution in [-0.4, -0.2) is 66.2 Å². The van der Waals surface area contributed by atoms with Crippen molar-refractivity contribution in [3.05, 3.63) is 0 Å². The number of amides is 2. The molecule has 1 fully saturated rings. The smallest absolute Gasteiger partial charge is 0.408 e. The highest BCUT2D eigenvalue weighted by Gasteiger charge is 2.32. The van der Waals surface area contributed by atoms with Crippen LogP contribution in [0.3, 0.4) is 0 Å². The second kappa shape index (κ2) is 8.70. The lowest BCUT2D eigenvalue weighted by Crippen LogP contribution is -2.57. The minimum absolute atomic E-state index is 0.0127. The Bertz CT molecular complexity index is 422. The number of carbonyl (C=O) groups is 2. The molecule has 140 valence electrons. The lowest BCUT2D eigenvalue weighted by Gasteiger charge is -2.38. The van der Waals surface area contributed by atoms with E-state index in [-0.39, 0.29) is 11.8 Å². The topological polar surface area (TPSA) is 61.9 Å². The van der Waals surface area contributed by atoms with E-state index >= 15 is 0 Å². The molecule has 0 saturated carbocycles. The van der Waals surface area contributed by atoms with E-state index < -0.39 is 17.7 Å². The SMILES string of the molecule is CC(C)CN1CCN(C(=O)C(NC(=O)OC(C)(C)C)C(C)C)CC1. The van der Waals surface area contributed by atoms with Gasteiger partial charge in [-0.25, -0.2) is 4.79 Å². The van der Waals surface area contributed by atoms with E-state index in [4.69, 9.17) is 4.74 Å². The van der Waals surface area contributed by atoms with Crippen molar-refractivity contribution in [2.45, 2.75) is 60.1 Å². The first-order valence-corrected chi connectivity index (χ1v) is 9.00. The molecule has 1 rings (SSSR count). The zero-order valence-electron chi connectivity index (χ0n) is 16.4. The molecule has 0 aromatic rings. The van der Waals surface area contributed by atoms with Crippen molar-refractivity contribution in [2.24, 2.45) is 11.8 Å². The summed E-state index contributed by atoms with van der Waals surface area (Å²) in [5.74, 6) is 0.628. The van der Waals surface area contributed by atoms with Crippen molar-refractivity contribution >= 4 is 12.0 Å². The molecule has 1 N–H and O–H groups in total. The summed E-state index contributed by atoms with van der Waals surface area (Å²) < 4.78 is 5.29. The summed E-state index contributed by atoms with van der Waals surface area (Å²) in [6.07, 6.45) is -0.534. The summed E-state index contributed by atoms with van der Waals surface area (Å²) in [6.45, 7) is 18.0. The van der Waals surface area contributed by atoms with Crippen LogP contribution in [0.15, 0.2) is 0 Å². The summed E-state index contributed by atoms with van der Waals surface area (Å²) in [7, 11) is 0.